The average Bonchev–Trinajstić information content (AvgIpc) is 3.39. The minimum atomic E-state index is -0.491. The number of Topliss-reactive ketones (excluding diaryl/α,β-unsaturated/α-hetero) is 1. The zero-order valence-electron chi connectivity index (χ0n) is 15.5. The number of allylic oxidation sites excluding steroid dienone is 1. The molecule has 1 N–H and O–H groups in total. The lowest BCUT2D eigenvalue weighted by molar-refractivity contribution is 0.0525. The third kappa shape index (κ3) is 3.81. The van der Waals surface area contributed by atoms with Crippen LogP contribution in [0.3, 0.4) is 0 Å². The number of aromatic amines is 1. The molecule has 0 amide bonds. The number of nitriles is 1. The maximum Gasteiger partial charge on any atom is 0.340 e. The lowest BCUT2D eigenvalue weighted by atomic mass is 10.0. The number of carbonyl (C=O) groups excluding carboxylic acids is 2. The third-order valence-corrected chi connectivity index (χ3v) is 5.68. The Kier molecular flexibility index (Phi) is 5.87. The summed E-state index contributed by atoms with van der Waals surface area (Å²) in [6.07, 6.45) is 1.47. The van der Waals surface area contributed by atoms with Crippen LogP contribution in [0.1, 0.15) is 44.7 Å². The third-order valence-electron chi connectivity index (χ3n) is 4.09. The molecule has 0 unspecified atom stereocenters. The molecule has 0 aliphatic heterocycles. The SMILES string of the molecule is CCOC(=O)c1c(C)[nH]c(C(=O)/C(C#N)=C\c2csc(-c3ccsc3)n2)c1C. The van der Waals surface area contributed by atoms with Crippen LogP contribution in [0.25, 0.3) is 16.6 Å². The van der Waals surface area contributed by atoms with Crippen LogP contribution in [-0.2, 0) is 4.74 Å². The van der Waals surface area contributed by atoms with Gasteiger partial charge in [0.1, 0.15) is 16.6 Å². The predicted octanol–water partition coefficient (Wildman–Crippen LogP) is 4.78. The van der Waals surface area contributed by atoms with Crippen molar-refractivity contribution in [1.29, 1.82) is 5.26 Å². The molecular formula is C20H17N3O3S2. The van der Waals surface area contributed by atoms with E-state index in [-0.39, 0.29) is 17.9 Å². The molecule has 0 atom stereocenters. The molecule has 0 fully saturated rings. The van der Waals surface area contributed by atoms with Crippen molar-refractivity contribution in [3.63, 3.8) is 0 Å². The van der Waals surface area contributed by atoms with Gasteiger partial charge < -0.3 is 9.72 Å². The molecule has 0 saturated heterocycles. The van der Waals surface area contributed by atoms with Crippen molar-refractivity contribution in [2.75, 3.05) is 6.61 Å². The van der Waals surface area contributed by atoms with E-state index < -0.39 is 11.8 Å². The van der Waals surface area contributed by atoms with Crippen LogP contribution in [0, 0.1) is 25.2 Å². The number of nitrogens with zero attached hydrogens (tertiary/aromatic N) is 2. The Morgan fingerprint density at radius 2 is 2.14 bits per heavy atom. The number of carbonyl (C=O) groups is 2. The van der Waals surface area contributed by atoms with Gasteiger partial charge in [0, 0.05) is 22.0 Å². The van der Waals surface area contributed by atoms with E-state index in [0.717, 1.165) is 10.6 Å². The summed E-state index contributed by atoms with van der Waals surface area (Å²) in [6.45, 7) is 5.32. The number of hydrogen-bond donors (Lipinski definition) is 1. The molecule has 0 aliphatic rings. The minimum absolute atomic E-state index is 0.0538. The fraction of sp³-hybridized carbons (Fsp3) is 0.200. The largest absolute Gasteiger partial charge is 0.462 e. The molecule has 3 aromatic rings. The van der Waals surface area contributed by atoms with Gasteiger partial charge in [0.2, 0.25) is 5.78 Å². The Labute approximate surface area is 170 Å². The van der Waals surface area contributed by atoms with Gasteiger partial charge in [-0.1, -0.05) is 0 Å². The zero-order valence-corrected chi connectivity index (χ0v) is 17.2. The topological polar surface area (TPSA) is 95.8 Å². The smallest absolute Gasteiger partial charge is 0.340 e. The molecule has 0 aromatic carbocycles. The van der Waals surface area contributed by atoms with Crippen molar-refractivity contribution in [2.24, 2.45) is 0 Å². The number of H-pyrrole nitrogens is 1. The summed E-state index contributed by atoms with van der Waals surface area (Å²) >= 11 is 3.03. The number of aromatic nitrogens is 2. The van der Waals surface area contributed by atoms with Crippen molar-refractivity contribution >= 4 is 40.5 Å². The maximum absolute atomic E-state index is 12.9. The Bertz CT molecular complexity index is 1100. The van der Waals surface area contributed by atoms with Gasteiger partial charge in [-0.2, -0.15) is 16.6 Å². The maximum atomic E-state index is 12.9. The summed E-state index contributed by atoms with van der Waals surface area (Å²) in [7, 11) is 0. The quantitative estimate of drug-likeness (QED) is 0.272. The van der Waals surface area contributed by atoms with Crippen molar-refractivity contribution < 1.29 is 14.3 Å². The monoisotopic (exact) mass is 411 g/mol. The van der Waals surface area contributed by atoms with E-state index in [1.54, 1.807) is 37.5 Å². The van der Waals surface area contributed by atoms with Crippen LogP contribution < -0.4 is 0 Å². The normalized spacial score (nSPS) is 11.3. The Morgan fingerprint density at radius 3 is 2.79 bits per heavy atom. The van der Waals surface area contributed by atoms with E-state index in [0.29, 0.717) is 22.5 Å². The molecule has 28 heavy (non-hydrogen) atoms. The van der Waals surface area contributed by atoms with Crippen molar-refractivity contribution in [3.05, 3.63) is 56.0 Å². The summed E-state index contributed by atoms with van der Waals surface area (Å²) in [6, 6.07) is 3.91. The molecule has 8 heteroatoms. The van der Waals surface area contributed by atoms with E-state index in [1.807, 2.05) is 22.9 Å². The predicted molar refractivity (Wildman–Crippen MR) is 110 cm³/mol. The Hall–Kier alpha value is -3.02. The molecule has 142 valence electrons. The number of nitrogens with one attached hydrogen (secondary N) is 1. The van der Waals surface area contributed by atoms with Crippen LogP contribution in [0.5, 0.6) is 0 Å². The van der Waals surface area contributed by atoms with E-state index in [9.17, 15) is 14.9 Å². The van der Waals surface area contributed by atoms with Gasteiger partial charge in [0.05, 0.1) is 23.6 Å². The molecule has 0 spiro atoms. The first-order chi connectivity index (χ1) is 13.5. The molecule has 0 saturated carbocycles. The number of ketones is 1. The minimum Gasteiger partial charge on any atom is -0.462 e. The highest BCUT2D eigenvalue weighted by Crippen LogP contribution is 2.27. The molecule has 0 radical (unpaired) electrons. The number of esters is 1. The van der Waals surface area contributed by atoms with Crippen LogP contribution in [0.4, 0.5) is 0 Å². The summed E-state index contributed by atoms with van der Waals surface area (Å²) < 4.78 is 5.05. The number of rotatable bonds is 6. The first-order valence-corrected chi connectivity index (χ1v) is 10.3. The average molecular weight is 412 g/mol. The van der Waals surface area contributed by atoms with Crippen molar-refractivity contribution in [1.82, 2.24) is 9.97 Å². The van der Waals surface area contributed by atoms with Crippen LogP contribution in [0.2, 0.25) is 0 Å². The summed E-state index contributed by atoms with van der Waals surface area (Å²) in [5.41, 5.74) is 3.04. The second-order valence-electron chi connectivity index (χ2n) is 5.93. The number of ether oxygens (including phenoxy) is 1. The Balaban J connectivity index is 1.93. The van der Waals surface area contributed by atoms with Crippen LogP contribution >= 0.6 is 22.7 Å². The van der Waals surface area contributed by atoms with Gasteiger partial charge >= 0.3 is 5.97 Å². The van der Waals surface area contributed by atoms with Crippen molar-refractivity contribution in [3.8, 4) is 16.6 Å². The molecule has 6 nitrogen and oxygen atoms in total. The number of thiazole rings is 1. The fourth-order valence-electron chi connectivity index (χ4n) is 2.79. The molecular weight excluding hydrogens is 394 g/mol. The molecule has 3 rings (SSSR count). The van der Waals surface area contributed by atoms with Gasteiger partial charge in [0.15, 0.2) is 0 Å². The van der Waals surface area contributed by atoms with Gasteiger partial charge in [-0.15, -0.1) is 11.3 Å². The van der Waals surface area contributed by atoms with E-state index in [1.165, 1.54) is 17.4 Å². The van der Waals surface area contributed by atoms with E-state index in [4.69, 9.17) is 4.74 Å². The molecule has 0 aliphatic carbocycles. The van der Waals surface area contributed by atoms with Gasteiger partial charge in [0.25, 0.3) is 0 Å². The summed E-state index contributed by atoms with van der Waals surface area (Å²) in [5, 5.41) is 16.1. The highest BCUT2D eigenvalue weighted by Gasteiger charge is 2.25. The van der Waals surface area contributed by atoms with Gasteiger partial charge in [-0.05, 0) is 43.9 Å². The zero-order chi connectivity index (χ0) is 20.3. The Morgan fingerprint density at radius 1 is 1.36 bits per heavy atom. The number of hydrogen-bond acceptors (Lipinski definition) is 7. The van der Waals surface area contributed by atoms with E-state index >= 15 is 0 Å². The van der Waals surface area contributed by atoms with Gasteiger partial charge in [-0.25, -0.2) is 9.78 Å². The standard InChI is InChI=1S/C20H17N3O3S2/c1-4-26-20(25)16-11(2)17(22-12(16)3)18(24)14(8-21)7-15-10-28-19(23-15)13-5-6-27-9-13/h5-7,9-10,22H,4H2,1-3H3/b14-7-. The highest BCUT2D eigenvalue weighted by molar-refractivity contribution is 7.14. The summed E-state index contributed by atoms with van der Waals surface area (Å²) in [4.78, 5) is 32.4. The van der Waals surface area contributed by atoms with Gasteiger partial charge in [-0.3, -0.25) is 4.79 Å². The molecule has 0 bridgehead atoms. The fourth-order valence-corrected chi connectivity index (χ4v) is 4.28. The molecule has 3 aromatic heterocycles. The first kappa shape index (κ1) is 19.7. The lowest BCUT2D eigenvalue weighted by Gasteiger charge is -2.02. The first-order valence-electron chi connectivity index (χ1n) is 8.47. The second-order valence-corrected chi connectivity index (χ2v) is 7.57. The van der Waals surface area contributed by atoms with E-state index in [2.05, 4.69) is 9.97 Å². The highest BCUT2D eigenvalue weighted by atomic mass is 32.1. The number of thiophene rings is 1. The number of aryl methyl sites for hydroxylation is 1. The summed E-state index contributed by atoms with van der Waals surface area (Å²) in [5.74, 6) is -0.973. The van der Waals surface area contributed by atoms with Crippen molar-refractivity contribution in [2.45, 2.75) is 20.8 Å². The molecule has 3 heterocycles. The lowest BCUT2D eigenvalue weighted by Crippen LogP contribution is -2.08. The van der Waals surface area contributed by atoms with Crippen LogP contribution in [0.15, 0.2) is 27.8 Å². The second kappa shape index (κ2) is 8.33. The van der Waals surface area contributed by atoms with Crippen LogP contribution in [-0.4, -0.2) is 28.3 Å².